The number of ether oxygens (including phenoxy) is 1. The fourth-order valence-corrected chi connectivity index (χ4v) is 10.7. The highest BCUT2D eigenvalue weighted by atomic mass is 16.6. The van der Waals surface area contributed by atoms with Crippen molar-refractivity contribution < 1.29 is 9.84 Å². The third kappa shape index (κ3) is 2.60. The minimum absolute atomic E-state index is 0.0982. The zero-order valence-electron chi connectivity index (χ0n) is 20.0. The van der Waals surface area contributed by atoms with Gasteiger partial charge in [-0.15, -0.1) is 0 Å². The van der Waals surface area contributed by atoms with Crippen molar-refractivity contribution in [2.75, 3.05) is 0 Å². The number of hydrogen-bond acceptors (Lipinski definition) is 2. The van der Waals surface area contributed by atoms with Gasteiger partial charge in [0.25, 0.3) is 0 Å². The Bertz CT molecular complexity index is 671. The van der Waals surface area contributed by atoms with E-state index < -0.39 is 6.29 Å². The van der Waals surface area contributed by atoms with Gasteiger partial charge in [0.15, 0.2) is 6.29 Å². The molecule has 1 saturated heterocycles. The van der Waals surface area contributed by atoms with E-state index in [-0.39, 0.29) is 5.60 Å². The van der Waals surface area contributed by atoms with E-state index in [1.54, 1.807) is 0 Å². The van der Waals surface area contributed by atoms with Crippen LogP contribution < -0.4 is 0 Å². The van der Waals surface area contributed by atoms with Crippen molar-refractivity contribution in [3.05, 3.63) is 0 Å². The van der Waals surface area contributed by atoms with E-state index in [0.29, 0.717) is 27.6 Å². The highest BCUT2D eigenvalue weighted by molar-refractivity contribution is 5.17. The molecule has 0 aromatic carbocycles. The summed E-state index contributed by atoms with van der Waals surface area (Å²) in [5.74, 6) is 3.20. The van der Waals surface area contributed by atoms with E-state index in [2.05, 4.69) is 41.5 Å². The van der Waals surface area contributed by atoms with E-state index in [1.807, 2.05) is 0 Å². The first-order valence-corrected chi connectivity index (χ1v) is 12.8. The minimum Gasteiger partial charge on any atom is -0.368 e. The van der Waals surface area contributed by atoms with Crippen LogP contribution in [0.2, 0.25) is 0 Å². The molecule has 4 aliphatic carbocycles. The topological polar surface area (TPSA) is 29.5 Å². The Hall–Kier alpha value is -0.0800. The smallest absolute Gasteiger partial charge is 0.155 e. The molecule has 1 heterocycles. The Balaban J connectivity index is 1.48. The van der Waals surface area contributed by atoms with Gasteiger partial charge in [0.05, 0.1) is 5.60 Å². The van der Waals surface area contributed by atoms with Crippen LogP contribution >= 0.6 is 0 Å². The molecule has 166 valence electrons. The number of hydrogen-bond donors (Lipinski definition) is 1. The third-order valence-corrected chi connectivity index (χ3v) is 12.2. The van der Waals surface area contributed by atoms with Crippen LogP contribution in [0, 0.1) is 45.3 Å². The Morgan fingerprint density at radius 1 is 0.655 bits per heavy atom. The molecule has 1 aliphatic heterocycles. The predicted molar refractivity (Wildman–Crippen MR) is 118 cm³/mol. The lowest BCUT2D eigenvalue weighted by Crippen LogP contribution is -2.62. The fourth-order valence-electron chi connectivity index (χ4n) is 10.7. The summed E-state index contributed by atoms with van der Waals surface area (Å²) in [7, 11) is 0. The zero-order valence-corrected chi connectivity index (χ0v) is 20.0. The maximum atomic E-state index is 10.1. The minimum atomic E-state index is -0.530. The van der Waals surface area contributed by atoms with Gasteiger partial charge in [0.1, 0.15) is 0 Å². The first-order valence-electron chi connectivity index (χ1n) is 12.8. The van der Waals surface area contributed by atoms with Crippen molar-refractivity contribution in [3.63, 3.8) is 0 Å². The zero-order chi connectivity index (χ0) is 20.9. The standard InChI is InChI=1S/C27H46O2/c1-23(2)13-7-14-24(3)20(23)11-16-26(5)21(24)9-8-18-19(10-15-25(18,26)4)27(6)17-12-22(28)29-27/h18-22,28H,7-17H2,1-6H3/t18-,19+,20+,21-,22-,24+,25-,26-,27+/m1/s1. The number of aliphatic hydroxyl groups is 1. The molecular weight excluding hydrogens is 356 g/mol. The van der Waals surface area contributed by atoms with Crippen molar-refractivity contribution in [3.8, 4) is 0 Å². The summed E-state index contributed by atoms with van der Waals surface area (Å²) in [6, 6.07) is 0. The lowest BCUT2D eigenvalue weighted by atomic mass is 9.35. The van der Waals surface area contributed by atoms with Gasteiger partial charge in [-0.3, -0.25) is 0 Å². The largest absolute Gasteiger partial charge is 0.368 e. The molecule has 0 bridgehead atoms. The Labute approximate surface area is 179 Å². The SMILES string of the molecule is CC1(C)CCC[C@]2(C)[C@H]3CC[C@@H]4[C@@H]([C@]5(C)CC[C@H](O)O5)CC[C@@]4(C)[C@]3(C)CC[C@@H]12. The molecule has 0 amide bonds. The van der Waals surface area contributed by atoms with E-state index in [0.717, 1.165) is 30.6 Å². The second-order valence-corrected chi connectivity index (χ2v) is 13.6. The highest BCUT2D eigenvalue weighted by Crippen LogP contribution is 2.76. The van der Waals surface area contributed by atoms with Crippen molar-refractivity contribution in [2.24, 2.45) is 45.3 Å². The van der Waals surface area contributed by atoms with Crippen LogP contribution in [0.1, 0.15) is 112 Å². The number of aliphatic hydroxyl groups excluding tert-OH is 1. The lowest BCUT2D eigenvalue weighted by Gasteiger charge is -2.69. The van der Waals surface area contributed by atoms with Crippen LogP contribution in [-0.4, -0.2) is 17.0 Å². The van der Waals surface area contributed by atoms with E-state index in [1.165, 1.54) is 57.8 Å². The summed E-state index contributed by atoms with van der Waals surface area (Å²) in [6.45, 7) is 15.5. The molecular formula is C27H46O2. The maximum Gasteiger partial charge on any atom is 0.155 e. The molecule has 29 heavy (non-hydrogen) atoms. The van der Waals surface area contributed by atoms with Crippen LogP contribution in [0.25, 0.3) is 0 Å². The van der Waals surface area contributed by atoms with Gasteiger partial charge in [-0.2, -0.15) is 0 Å². The van der Waals surface area contributed by atoms with Crippen molar-refractivity contribution in [1.82, 2.24) is 0 Å². The number of fused-ring (bicyclic) bond motifs is 5. The van der Waals surface area contributed by atoms with Crippen molar-refractivity contribution >= 4 is 0 Å². The van der Waals surface area contributed by atoms with Gasteiger partial charge in [0.2, 0.25) is 0 Å². The molecule has 0 aromatic heterocycles. The molecule has 2 nitrogen and oxygen atoms in total. The molecule has 5 fully saturated rings. The first-order chi connectivity index (χ1) is 13.5. The van der Waals surface area contributed by atoms with Gasteiger partial charge >= 0.3 is 0 Å². The monoisotopic (exact) mass is 402 g/mol. The van der Waals surface area contributed by atoms with Crippen LogP contribution in [0.4, 0.5) is 0 Å². The van der Waals surface area contributed by atoms with Gasteiger partial charge in [-0.1, -0.05) is 41.0 Å². The lowest BCUT2D eigenvalue weighted by molar-refractivity contribution is -0.214. The number of rotatable bonds is 1. The molecule has 0 radical (unpaired) electrons. The molecule has 9 atom stereocenters. The molecule has 0 aromatic rings. The predicted octanol–water partition coefficient (Wildman–Crippen LogP) is 6.95. The molecule has 0 unspecified atom stereocenters. The maximum absolute atomic E-state index is 10.1. The second kappa shape index (κ2) is 6.25. The van der Waals surface area contributed by atoms with Gasteiger partial charge < -0.3 is 9.84 Å². The van der Waals surface area contributed by atoms with Gasteiger partial charge in [-0.25, -0.2) is 0 Å². The molecule has 0 spiro atoms. The van der Waals surface area contributed by atoms with E-state index in [4.69, 9.17) is 4.74 Å². The molecule has 4 saturated carbocycles. The Morgan fingerprint density at radius 2 is 1.38 bits per heavy atom. The van der Waals surface area contributed by atoms with Crippen LogP contribution in [0.5, 0.6) is 0 Å². The summed E-state index contributed by atoms with van der Waals surface area (Å²) in [4.78, 5) is 0. The summed E-state index contributed by atoms with van der Waals surface area (Å²) in [5, 5.41) is 10.1. The normalized spacial score (nSPS) is 59.1. The summed E-state index contributed by atoms with van der Waals surface area (Å²) in [5.41, 5.74) is 1.86. The van der Waals surface area contributed by atoms with Crippen molar-refractivity contribution in [1.29, 1.82) is 0 Å². The van der Waals surface area contributed by atoms with E-state index >= 15 is 0 Å². The highest BCUT2D eigenvalue weighted by Gasteiger charge is 2.69. The van der Waals surface area contributed by atoms with Crippen LogP contribution in [-0.2, 0) is 4.74 Å². The second-order valence-electron chi connectivity index (χ2n) is 13.6. The Morgan fingerprint density at radius 3 is 2.07 bits per heavy atom. The van der Waals surface area contributed by atoms with Gasteiger partial charge in [0, 0.05) is 6.42 Å². The summed E-state index contributed by atoms with van der Waals surface area (Å²) >= 11 is 0. The fraction of sp³-hybridized carbons (Fsp3) is 1.00. The molecule has 2 heteroatoms. The van der Waals surface area contributed by atoms with Gasteiger partial charge in [-0.05, 0) is 110 Å². The first kappa shape index (κ1) is 20.8. The average molecular weight is 403 g/mol. The molecule has 5 rings (SSSR count). The summed E-state index contributed by atoms with van der Waals surface area (Å²) < 4.78 is 6.18. The van der Waals surface area contributed by atoms with E-state index in [9.17, 15) is 5.11 Å². The molecule has 5 aliphatic rings. The average Bonchev–Trinajstić information content (AvgIpc) is 3.15. The van der Waals surface area contributed by atoms with Crippen molar-refractivity contribution in [2.45, 2.75) is 124 Å². The summed E-state index contributed by atoms with van der Waals surface area (Å²) in [6.07, 6.45) is 14.0. The van der Waals surface area contributed by atoms with Crippen LogP contribution in [0.3, 0.4) is 0 Å². The Kier molecular flexibility index (Phi) is 4.48. The third-order valence-electron chi connectivity index (χ3n) is 12.2. The molecule has 1 N–H and O–H groups in total. The van der Waals surface area contributed by atoms with Crippen LogP contribution in [0.15, 0.2) is 0 Å². The quantitative estimate of drug-likeness (QED) is 0.514.